The summed E-state index contributed by atoms with van der Waals surface area (Å²) < 4.78 is 13.2. The van der Waals surface area contributed by atoms with Crippen LogP contribution in [0.4, 0.5) is 0 Å². The highest BCUT2D eigenvalue weighted by atomic mass is 35.5. The Labute approximate surface area is 154 Å². The highest BCUT2D eigenvalue weighted by Crippen LogP contribution is 2.38. The Morgan fingerprint density at radius 3 is 2.61 bits per heavy atom. The summed E-state index contributed by atoms with van der Waals surface area (Å²) in [6.07, 6.45) is 0.762. The average molecular weight is 386 g/mol. The van der Waals surface area contributed by atoms with Crippen LogP contribution in [0.3, 0.4) is 0 Å². The summed E-state index contributed by atoms with van der Waals surface area (Å²) in [5, 5.41) is 0. The predicted molar refractivity (Wildman–Crippen MR) is 98.9 cm³/mol. The van der Waals surface area contributed by atoms with Crippen molar-refractivity contribution in [2.45, 2.75) is 13.0 Å². The Balaban J connectivity index is 0.00000161. The molecule has 23 heavy (non-hydrogen) atoms. The van der Waals surface area contributed by atoms with Gasteiger partial charge in [0.2, 0.25) is 6.79 Å². The van der Waals surface area contributed by atoms with E-state index in [9.17, 15) is 0 Å². The molecule has 132 valence electrons. The number of benzene rings is 1. The Morgan fingerprint density at radius 1 is 1.22 bits per heavy atom. The minimum Gasteiger partial charge on any atom is -0.454 e. The molecule has 0 saturated heterocycles. The fraction of sp³-hybridized carbons (Fsp3) is 0.500. The number of imidazole rings is 1. The van der Waals surface area contributed by atoms with Gasteiger partial charge in [-0.25, -0.2) is 4.98 Å². The standard InChI is InChI=1S/C14H20N4O2.3ClH/c1-17(2)7-8-18-10-3-4-11-14(20-9-19-11)13(10)16-12(18)5-6-15;;;/h3-4H,5-9,15H2,1-2H3;3*1H. The Bertz CT molecular complexity index is 634. The van der Waals surface area contributed by atoms with Gasteiger partial charge in [-0.15, -0.1) is 37.2 Å². The van der Waals surface area contributed by atoms with Gasteiger partial charge in [-0.2, -0.15) is 0 Å². The Kier molecular flexibility index (Phi) is 9.02. The van der Waals surface area contributed by atoms with Crippen molar-refractivity contribution in [3.05, 3.63) is 18.0 Å². The van der Waals surface area contributed by atoms with Crippen molar-refractivity contribution in [2.75, 3.05) is 34.0 Å². The molecule has 1 aliphatic heterocycles. The van der Waals surface area contributed by atoms with Crippen LogP contribution in [-0.2, 0) is 13.0 Å². The van der Waals surface area contributed by atoms with E-state index >= 15 is 0 Å². The van der Waals surface area contributed by atoms with E-state index in [2.05, 4.69) is 23.6 Å². The maximum Gasteiger partial charge on any atom is 0.231 e. The first-order chi connectivity index (χ1) is 9.70. The SMILES string of the molecule is CN(C)CCn1c(CCN)nc2c3c(ccc21)OCO3.Cl.Cl.Cl. The van der Waals surface area contributed by atoms with Gasteiger partial charge < -0.3 is 24.7 Å². The Hall–Kier alpha value is -0.920. The number of nitrogens with zero attached hydrogens (tertiary/aromatic N) is 3. The molecule has 9 heteroatoms. The quantitative estimate of drug-likeness (QED) is 0.854. The third-order valence-corrected chi connectivity index (χ3v) is 3.47. The van der Waals surface area contributed by atoms with E-state index in [0.29, 0.717) is 6.54 Å². The second-order valence-corrected chi connectivity index (χ2v) is 5.19. The molecule has 0 unspecified atom stereocenters. The summed E-state index contributed by atoms with van der Waals surface area (Å²) in [7, 11) is 4.13. The van der Waals surface area contributed by atoms with Crippen LogP contribution < -0.4 is 15.2 Å². The van der Waals surface area contributed by atoms with Gasteiger partial charge >= 0.3 is 0 Å². The molecule has 6 nitrogen and oxygen atoms in total. The summed E-state index contributed by atoms with van der Waals surface area (Å²) in [6, 6.07) is 4.00. The Morgan fingerprint density at radius 2 is 1.96 bits per heavy atom. The molecule has 0 fully saturated rings. The fourth-order valence-electron chi connectivity index (χ4n) is 2.47. The second-order valence-electron chi connectivity index (χ2n) is 5.19. The first-order valence-corrected chi connectivity index (χ1v) is 6.83. The van der Waals surface area contributed by atoms with Crippen LogP contribution in [0, 0.1) is 0 Å². The second kappa shape index (κ2) is 9.39. The number of nitrogens with two attached hydrogens (primary N) is 1. The van der Waals surface area contributed by atoms with Crippen LogP contribution in [0.1, 0.15) is 5.82 Å². The molecule has 0 atom stereocenters. The number of rotatable bonds is 5. The number of hydrogen-bond donors (Lipinski definition) is 1. The minimum atomic E-state index is 0. The molecule has 0 saturated carbocycles. The van der Waals surface area contributed by atoms with E-state index in [1.807, 2.05) is 12.1 Å². The van der Waals surface area contributed by atoms with Crippen molar-refractivity contribution in [3.8, 4) is 11.5 Å². The number of ether oxygens (including phenoxy) is 2. The molecule has 2 N–H and O–H groups in total. The maximum absolute atomic E-state index is 5.70. The van der Waals surface area contributed by atoms with Gasteiger partial charge in [0.15, 0.2) is 11.5 Å². The summed E-state index contributed by atoms with van der Waals surface area (Å²) in [6.45, 7) is 2.70. The number of halogens is 3. The van der Waals surface area contributed by atoms with Crippen molar-refractivity contribution in [1.82, 2.24) is 14.5 Å². The van der Waals surface area contributed by atoms with Gasteiger partial charge in [-0.05, 0) is 32.8 Å². The highest BCUT2D eigenvalue weighted by molar-refractivity contribution is 5.86. The third kappa shape index (κ3) is 4.33. The summed E-state index contributed by atoms with van der Waals surface area (Å²) in [5.41, 5.74) is 7.66. The molecule has 1 aromatic carbocycles. The molecular weight excluding hydrogens is 363 g/mol. The van der Waals surface area contributed by atoms with E-state index in [1.54, 1.807) is 0 Å². The average Bonchev–Trinajstić information content (AvgIpc) is 2.99. The lowest BCUT2D eigenvalue weighted by Gasteiger charge is -2.13. The molecule has 0 radical (unpaired) electrons. The molecule has 0 bridgehead atoms. The van der Waals surface area contributed by atoms with Crippen LogP contribution in [0.25, 0.3) is 11.0 Å². The number of hydrogen-bond acceptors (Lipinski definition) is 5. The molecule has 0 spiro atoms. The zero-order chi connectivity index (χ0) is 14.1. The van der Waals surface area contributed by atoms with E-state index in [-0.39, 0.29) is 44.0 Å². The summed E-state index contributed by atoms with van der Waals surface area (Å²) >= 11 is 0. The number of aromatic nitrogens is 2. The van der Waals surface area contributed by atoms with E-state index in [0.717, 1.165) is 47.9 Å². The van der Waals surface area contributed by atoms with E-state index in [1.165, 1.54) is 0 Å². The molecule has 0 amide bonds. The van der Waals surface area contributed by atoms with Crippen LogP contribution in [0.5, 0.6) is 11.5 Å². The largest absolute Gasteiger partial charge is 0.454 e. The molecule has 2 heterocycles. The van der Waals surface area contributed by atoms with E-state index in [4.69, 9.17) is 20.2 Å². The van der Waals surface area contributed by atoms with Crippen LogP contribution in [0.2, 0.25) is 0 Å². The maximum atomic E-state index is 5.70. The lowest BCUT2D eigenvalue weighted by molar-refractivity contribution is 0.174. The van der Waals surface area contributed by atoms with Crippen LogP contribution in [-0.4, -0.2) is 48.4 Å². The van der Waals surface area contributed by atoms with Gasteiger partial charge in [-0.1, -0.05) is 0 Å². The van der Waals surface area contributed by atoms with Crippen molar-refractivity contribution >= 4 is 48.3 Å². The van der Waals surface area contributed by atoms with Crippen LogP contribution >= 0.6 is 37.2 Å². The van der Waals surface area contributed by atoms with Gasteiger partial charge in [0.25, 0.3) is 0 Å². The zero-order valence-electron chi connectivity index (χ0n) is 13.2. The van der Waals surface area contributed by atoms with Crippen molar-refractivity contribution in [3.63, 3.8) is 0 Å². The predicted octanol–water partition coefficient (Wildman–Crippen LogP) is 2.09. The monoisotopic (exact) mass is 384 g/mol. The number of fused-ring (bicyclic) bond motifs is 3. The lowest BCUT2D eigenvalue weighted by atomic mass is 10.2. The molecule has 1 aliphatic rings. The fourth-order valence-corrected chi connectivity index (χ4v) is 2.47. The lowest BCUT2D eigenvalue weighted by Crippen LogP contribution is -2.20. The summed E-state index contributed by atoms with van der Waals surface area (Å²) in [5.74, 6) is 2.53. The summed E-state index contributed by atoms with van der Waals surface area (Å²) in [4.78, 5) is 6.87. The van der Waals surface area contributed by atoms with E-state index < -0.39 is 0 Å². The topological polar surface area (TPSA) is 65.5 Å². The number of likely N-dealkylation sites (N-methyl/N-ethyl adjacent to an activating group) is 1. The molecular formula is C14H23Cl3N4O2. The molecule has 0 aliphatic carbocycles. The third-order valence-electron chi connectivity index (χ3n) is 3.47. The normalized spacial score (nSPS) is 11.8. The smallest absolute Gasteiger partial charge is 0.231 e. The van der Waals surface area contributed by atoms with Gasteiger partial charge in [0, 0.05) is 19.5 Å². The molecule has 3 rings (SSSR count). The first-order valence-electron chi connectivity index (χ1n) is 6.83. The van der Waals surface area contributed by atoms with Gasteiger partial charge in [0.05, 0.1) is 5.52 Å². The first kappa shape index (κ1) is 22.1. The van der Waals surface area contributed by atoms with Crippen LogP contribution in [0.15, 0.2) is 12.1 Å². The molecule has 1 aromatic heterocycles. The minimum absolute atomic E-state index is 0. The van der Waals surface area contributed by atoms with Crippen molar-refractivity contribution in [2.24, 2.45) is 5.73 Å². The van der Waals surface area contributed by atoms with Crippen molar-refractivity contribution < 1.29 is 9.47 Å². The van der Waals surface area contributed by atoms with Crippen molar-refractivity contribution in [1.29, 1.82) is 0 Å². The molecule has 2 aromatic rings. The van der Waals surface area contributed by atoms with Gasteiger partial charge in [0.1, 0.15) is 11.3 Å². The van der Waals surface area contributed by atoms with Gasteiger partial charge in [-0.3, -0.25) is 0 Å². The highest BCUT2D eigenvalue weighted by Gasteiger charge is 2.21. The zero-order valence-corrected chi connectivity index (χ0v) is 15.6.